The Morgan fingerprint density at radius 1 is 1.48 bits per heavy atom. The molecule has 1 amide bonds. The summed E-state index contributed by atoms with van der Waals surface area (Å²) in [5.41, 5.74) is 5.19. The topological polar surface area (TPSA) is 92.5 Å². The Balaban J connectivity index is 1.90. The smallest absolute Gasteiger partial charge is 0.234 e. The van der Waals surface area contributed by atoms with E-state index in [0.29, 0.717) is 25.4 Å². The van der Waals surface area contributed by atoms with Crippen molar-refractivity contribution in [1.29, 1.82) is 0 Å². The Kier molecular flexibility index (Phi) is 4.95. The number of carbonyl (C=O) groups is 1. The van der Waals surface area contributed by atoms with Gasteiger partial charge in [-0.2, -0.15) is 0 Å². The number of nitrogens with zero attached hydrogens (tertiary/aromatic N) is 1. The molecule has 2 rings (SSSR count). The van der Waals surface area contributed by atoms with Gasteiger partial charge in [-0.05, 0) is 38.6 Å². The zero-order valence-corrected chi connectivity index (χ0v) is 13.8. The van der Waals surface area contributed by atoms with Crippen LogP contribution < -0.4 is 11.1 Å². The highest BCUT2D eigenvalue weighted by molar-refractivity contribution is 7.91. The number of nitrogens with one attached hydrogen (secondary N) is 1. The Morgan fingerprint density at radius 3 is 2.76 bits per heavy atom. The first-order chi connectivity index (χ1) is 9.73. The minimum atomic E-state index is -3.00. The van der Waals surface area contributed by atoms with Gasteiger partial charge in [-0.3, -0.25) is 9.69 Å². The standard InChI is InChI=1S/C14H27N3O3S/c1-11-3-5-17(12(7-11)8-15)9-13(18)16-14(2)4-6-21(19,20)10-14/h11-12H,3-10,15H2,1-2H3,(H,16,18). The molecular weight excluding hydrogens is 290 g/mol. The first-order valence-corrected chi connectivity index (χ1v) is 9.51. The van der Waals surface area contributed by atoms with Crippen LogP contribution in [0.15, 0.2) is 0 Å². The highest BCUT2D eigenvalue weighted by Crippen LogP contribution is 2.24. The summed E-state index contributed by atoms with van der Waals surface area (Å²) in [6, 6.07) is 0.250. The van der Waals surface area contributed by atoms with E-state index in [0.717, 1.165) is 19.4 Å². The van der Waals surface area contributed by atoms with E-state index in [1.54, 1.807) is 0 Å². The number of hydrogen-bond donors (Lipinski definition) is 2. The molecule has 0 spiro atoms. The second-order valence-electron chi connectivity index (χ2n) is 6.94. The molecule has 7 heteroatoms. The molecule has 2 saturated heterocycles. The van der Waals surface area contributed by atoms with E-state index in [9.17, 15) is 13.2 Å². The molecule has 0 aromatic carbocycles. The van der Waals surface area contributed by atoms with Gasteiger partial charge in [-0.15, -0.1) is 0 Å². The highest BCUT2D eigenvalue weighted by atomic mass is 32.2. The van der Waals surface area contributed by atoms with Gasteiger partial charge in [0.1, 0.15) is 0 Å². The quantitative estimate of drug-likeness (QED) is 0.745. The van der Waals surface area contributed by atoms with E-state index in [1.807, 2.05) is 6.92 Å². The average molecular weight is 317 g/mol. The molecule has 2 fully saturated rings. The molecule has 0 aromatic rings. The predicted molar refractivity (Wildman–Crippen MR) is 82.6 cm³/mol. The summed E-state index contributed by atoms with van der Waals surface area (Å²) in [6.45, 7) is 5.78. The number of nitrogens with two attached hydrogens (primary N) is 1. The van der Waals surface area contributed by atoms with Gasteiger partial charge in [0.2, 0.25) is 5.91 Å². The minimum Gasteiger partial charge on any atom is -0.349 e. The second-order valence-corrected chi connectivity index (χ2v) is 9.12. The van der Waals surface area contributed by atoms with E-state index in [1.165, 1.54) is 0 Å². The van der Waals surface area contributed by atoms with Gasteiger partial charge >= 0.3 is 0 Å². The SMILES string of the molecule is CC1CCN(CC(=O)NC2(C)CCS(=O)(=O)C2)C(CN)C1. The number of carbonyl (C=O) groups excluding carboxylic acids is 1. The maximum atomic E-state index is 12.2. The normalized spacial score (nSPS) is 36.5. The van der Waals surface area contributed by atoms with Crippen LogP contribution in [-0.4, -0.2) is 61.9 Å². The van der Waals surface area contributed by atoms with E-state index in [4.69, 9.17) is 5.73 Å². The maximum absolute atomic E-state index is 12.2. The molecule has 0 saturated carbocycles. The van der Waals surface area contributed by atoms with Crippen LogP contribution in [0.5, 0.6) is 0 Å². The summed E-state index contributed by atoms with van der Waals surface area (Å²) in [7, 11) is -3.00. The lowest BCUT2D eigenvalue weighted by molar-refractivity contribution is -0.124. The molecule has 21 heavy (non-hydrogen) atoms. The molecule has 6 nitrogen and oxygen atoms in total. The monoisotopic (exact) mass is 317 g/mol. The summed E-state index contributed by atoms with van der Waals surface area (Å²) < 4.78 is 23.1. The fourth-order valence-electron chi connectivity index (χ4n) is 3.42. The molecule has 2 aliphatic heterocycles. The minimum absolute atomic E-state index is 0.0447. The number of likely N-dealkylation sites (tertiary alicyclic amines) is 1. The largest absolute Gasteiger partial charge is 0.349 e. The van der Waals surface area contributed by atoms with Gasteiger partial charge in [0.15, 0.2) is 9.84 Å². The van der Waals surface area contributed by atoms with Crippen molar-refractivity contribution in [2.45, 2.75) is 44.7 Å². The van der Waals surface area contributed by atoms with Crippen LogP contribution in [0.4, 0.5) is 0 Å². The van der Waals surface area contributed by atoms with Crippen molar-refractivity contribution in [2.75, 3.05) is 31.1 Å². The maximum Gasteiger partial charge on any atom is 0.234 e. The van der Waals surface area contributed by atoms with Crippen LogP contribution in [0.2, 0.25) is 0 Å². The molecule has 3 N–H and O–H groups in total. The van der Waals surface area contributed by atoms with Gasteiger partial charge in [0.25, 0.3) is 0 Å². The van der Waals surface area contributed by atoms with Crippen molar-refractivity contribution in [3.05, 3.63) is 0 Å². The number of amides is 1. The van der Waals surface area contributed by atoms with Crippen LogP contribution in [0, 0.1) is 5.92 Å². The van der Waals surface area contributed by atoms with Crippen LogP contribution in [-0.2, 0) is 14.6 Å². The Bertz CT molecular complexity index is 494. The number of rotatable bonds is 4. The van der Waals surface area contributed by atoms with E-state index in [2.05, 4.69) is 17.1 Å². The second kappa shape index (κ2) is 6.22. The third-order valence-electron chi connectivity index (χ3n) is 4.66. The lowest BCUT2D eigenvalue weighted by Crippen LogP contribution is -2.54. The summed E-state index contributed by atoms with van der Waals surface area (Å²) >= 11 is 0. The van der Waals surface area contributed by atoms with Gasteiger partial charge in [-0.1, -0.05) is 6.92 Å². The summed E-state index contributed by atoms with van der Waals surface area (Å²) in [5.74, 6) is 0.762. The van der Waals surface area contributed by atoms with Crippen molar-refractivity contribution in [3.8, 4) is 0 Å². The summed E-state index contributed by atoms with van der Waals surface area (Å²) in [4.78, 5) is 14.4. The van der Waals surface area contributed by atoms with Crippen LogP contribution in [0.1, 0.15) is 33.1 Å². The van der Waals surface area contributed by atoms with Gasteiger partial charge in [-0.25, -0.2) is 8.42 Å². The van der Waals surface area contributed by atoms with Crippen molar-refractivity contribution in [1.82, 2.24) is 10.2 Å². The van der Waals surface area contributed by atoms with Crippen LogP contribution >= 0.6 is 0 Å². The highest BCUT2D eigenvalue weighted by Gasteiger charge is 2.39. The number of sulfone groups is 1. The third-order valence-corrected chi connectivity index (χ3v) is 6.57. The molecule has 0 aliphatic carbocycles. The summed E-state index contributed by atoms with van der Waals surface area (Å²) in [6.07, 6.45) is 2.60. The molecule has 2 aliphatic rings. The molecular formula is C14H27N3O3S. The lowest BCUT2D eigenvalue weighted by Gasteiger charge is -2.38. The van der Waals surface area contributed by atoms with Crippen LogP contribution in [0.25, 0.3) is 0 Å². The predicted octanol–water partition coefficient (Wildman–Crippen LogP) is -0.261. The van der Waals surface area contributed by atoms with Gasteiger partial charge in [0, 0.05) is 12.6 Å². The van der Waals surface area contributed by atoms with Crippen molar-refractivity contribution in [2.24, 2.45) is 11.7 Å². The van der Waals surface area contributed by atoms with Crippen molar-refractivity contribution < 1.29 is 13.2 Å². The third kappa shape index (κ3) is 4.40. The molecule has 0 radical (unpaired) electrons. The lowest BCUT2D eigenvalue weighted by atomic mass is 9.92. The Morgan fingerprint density at radius 2 is 2.19 bits per heavy atom. The molecule has 3 unspecified atom stereocenters. The fourth-order valence-corrected chi connectivity index (χ4v) is 5.52. The zero-order chi connectivity index (χ0) is 15.7. The van der Waals surface area contributed by atoms with Gasteiger partial charge < -0.3 is 11.1 Å². The molecule has 122 valence electrons. The summed E-state index contributed by atoms with van der Waals surface area (Å²) in [5, 5.41) is 2.91. The molecule has 0 aromatic heterocycles. The van der Waals surface area contributed by atoms with Crippen LogP contribution in [0.3, 0.4) is 0 Å². The Hall–Kier alpha value is -0.660. The number of hydrogen-bond acceptors (Lipinski definition) is 5. The van der Waals surface area contributed by atoms with E-state index in [-0.39, 0.29) is 23.5 Å². The first kappa shape index (κ1) is 16.7. The average Bonchev–Trinajstić information content (AvgIpc) is 2.65. The molecule has 0 bridgehead atoms. The molecule has 2 heterocycles. The van der Waals surface area contributed by atoms with E-state index < -0.39 is 15.4 Å². The van der Waals surface area contributed by atoms with E-state index >= 15 is 0 Å². The zero-order valence-electron chi connectivity index (χ0n) is 13.0. The van der Waals surface area contributed by atoms with Crippen molar-refractivity contribution in [3.63, 3.8) is 0 Å². The number of piperidine rings is 1. The molecule has 3 atom stereocenters. The fraction of sp³-hybridized carbons (Fsp3) is 0.929. The van der Waals surface area contributed by atoms with Crippen molar-refractivity contribution >= 4 is 15.7 Å². The Labute approximate surface area is 127 Å². The van der Waals surface area contributed by atoms with Gasteiger partial charge in [0.05, 0.1) is 23.6 Å². The first-order valence-electron chi connectivity index (χ1n) is 7.68.